The van der Waals surface area contributed by atoms with Crippen molar-refractivity contribution in [2.75, 3.05) is 19.0 Å². The second kappa shape index (κ2) is 7.97. The van der Waals surface area contributed by atoms with Crippen molar-refractivity contribution in [2.24, 2.45) is 0 Å². The zero-order valence-corrected chi connectivity index (χ0v) is 16.4. The molecule has 1 atom stereocenters. The summed E-state index contributed by atoms with van der Waals surface area (Å²) in [6.45, 7) is 0.511. The van der Waals surface area contributed by atoms with Gasteiger partial charge in [0.1, 0.15) is 6.04 Å². The predicted octanol–water partition coefficient (Wildman–Crippen LogP) is 4.03. The summed E-state index contributed by atoms with van der Waals surface area (Å²) in [6, 6.07) is 13.3. The SMILES string of the molecule is COC(=O)c1ccc(NC(=O)N2CCc3[nH]cnc3[C@@H]2c2ccccc2Cl)cc1. The van der Waals surface area contributed by atoms with Crippen LogP contribution in [0.25, 0.3) is 0 Å². The number of methoxy groups -OCH3 is 1. The Kier molecular flexibility index (Phi) is 5.22. The van der Waals surface area contributed by atoms with E-state index in [1.54, 1.807) is 41.6 Å². The number of urea groups is 1. The first-order valence-electron chi connectivity index (χ1n) is 9.11. The van der Waals surface area contributed by atoms with E-state index in [9.17, 15) is 9.59 Å². The number of amides is 2. The van der Waals surface area contributed by atoms with Gasteiger partial charge in [-0.3, -0.25) is 0 Å². The molecule has 2 aromatic carbocycles. The average Bonchev–Trinajstić information content (AvgIpc) is 3.22. The summed E-state index contributed by atoms with van der Waals surface area (Å²) < 4.78 is 4.70. The number of ether oxygens (including phenoxy) is 1. The maximum atomic E-state index is 13.1. The van der Waals surface area contributed by atoms with E-state index in [0.29, 0.717) is 29.2 Å². The van der Waals surface area contributed by atoms with Gasteiger partial charge in [0.15, 0.2) is 0 Å². The Morgan fingerprint density at radius 1 is 1.21 bits per heavy atom. The first-order chi connectivity index (χ1) is 14.1. The first kappa shape index (κ1) is 19.0. The number of aromatic nitrogens is 2. The molecule has 0 spiro atoms. The normalized spacial score (nSPS) is 15.5. The van der Waals surface area contributed by atoms with Crippen LogP contribution in [0.3, 0.4) is 0 Å². The molecule has 0 saturated heterocycles. The Labute approximate surface area is 172 Å². The van der Waals surface area contributed by atoms with Crippen LogP contribution in [-0.4, -0.2) is 40.5 Å². The number of nitrogens with zero attached hydrogens (tertiary/aromatic N) is 2. The molecule has 0 aliphatic carbocycles. The number of halogens is 1. The lowest BCUT2D eigenvalue weighted by molar-refractivity contribution is 0.0600. The zero-order chi connectivity index (χ0) is 20.4. The molecule has 7 nitrogen and oxygen atoms in total. The number of hydrogen-bond donors (Lipinski definition) is 2. The molecular formula is C21H19ClN4O3. The lowest BCUT2D eigenvalue weighted by atomic mass is 9.96. The van der Waals surface area contributed by atoms with Gasteiger partial charge in [-0.2, -0.15) is 0 Å². The molecule has 8 heteroatoms. The van der Waals surface area contributed by atoms with Crippen LogP contribution in [0.5, 0.6) is 0 Å². The molecule has 29 heavy (non-hydrogen) atoms. The third kappa shape index (κ3) is 3.69. The number of hydrogen-bond acceptors (Lipinski definition) is 4. The summed E-state index contributed by atoms with van der Waals surface area (Å²) in [4.78, 5) is 34.0. The highest BCUT2D eigenvalue weighted by Gasteiger charge is 2.35. The molecule has 148 valence electrons. The summed E-state index contributed by atoms with van der Waals surface area (Å²) in [6.07, 6.45) is 2.31. The van der Waals surface area contributed by atoms with Gasteiger partial charge in [-0.15, -0.1) is 0 Å². The third-order valence-corrected chi connectivity index (χ3v) is 5.29. The van der Waals surface area contributed by atoms with Gasteiger partial charge in [0.2, 0.25) is 0 Å². The second-order valence-electron chi connectivity index (χ2n) is 6.63. The predicted molar refractivity (Wildman–Crippen MR) is 109 cm³/mol. The highest BCUT2D eigenvalue weighted by atomic mass is 35.5. The third-order valence-electron chi connectivity index (χ3n) is 4.94. The fraction of sp³-hybridized carbons (Fsp3) is 0.190. The van der Waals surface area contributed by atoms with Crippen LogP contribution in [0.15, 0.2) is 54.9 Å². The lowest BCUT2D eigenvalue weighted by Gasteiger charge is -2.35. The topological polar surface area (TPSA) is 87.3 Å². The fourth-order valence-electron chi connectivity index (χ4n) is 3.51. The summed E-state index contributed by atoms with van der Waals surface area (Å²) in [5.74, 6) is -0.427. The molecule has 0 radical (unpaired) electrons. The minimum Gasteiger partial charge on any atom is -0.465 e. The van der Waals surface area contributed by atoms with Crippen LogP contribution < -0.4 is 5.32 Å². The van der Waals surface area contributed by atoms with Gasteiger partial charge in [-0.1, -0.05) is 29.8 Å². The molecule has 0 bridgehead atoms. The highest BCUT2D eigenvalue weighted by Crippen LogP contribution is 2.37. The van der Waals surface area contributed by atoms with Gasteiger partial charge >= 0.3 is 12.0 Å². The van der Waals surface area contributed by atoms with E-state index in [-0.39, 0.29) is 6.03 Å². The Hall–Kier alpha value is -3.32. The van der Waals surface area contributed by atoms with Crippen molar-refractivity contribution >= 4 is 29.3 Å². The molecule has 3 aromatic rings. The van der Waals surface area contributed by atoms with Crippen LogP contribution in [0, 0.1) is 0 Å². The van der Waals surface area contributed by atoms with Gasteiger partial charge in [0.25, 0.3) is 0 Å². The van der Waals surface area contributed by atoms with Crippen molar-refractivity contribution in [3.8, 4) is 0 Å². The Bertz CT molecular complexity index is 1050. The van der Waals surface area contributed by atoms with Crippen LogP contribution >= 0.6 is 11.6 Å². The number of nitrogens with one attached hydrogen (secondary N) is 2. The highest BCUT2D eigenvalue weighted by molar-refractivity contribution is 6.31. The van der Waals surface area contributed by atoms with E-state index in [2.05, 4.69) is 15.3 Å². The summed E-state index contributed by atoms with van der Waals surface area (Å²) in [5.41, 5.74) is 3.60. The maximum Gasteiger partial charge on any atom is 0.337 e. The molecule has 1 aromatic heterocycles. The van der Waals surface area contributed by atoms with E-state index >= 15 is 0 Å². The van der Waals surface area contributed by atoms with Gasteiger partial charge in [0, 0.05) is 29.4 Å². The molecule has 2 amide bonds. The molecule has 1 aliphatic heterocycles. The van der Waals surface area contributed by atoms with Gasteiger partial charge in [0.05, 0.1) is 24.7 Å². The average molecular weight is 411 g/mol. The van der Waals surface area contributed by atoms with Crippen molar-refractivity contribution in [1.82, 2.24) is 14.9 Å². The number of fused-ring (bicyclic) bond motifs is 1. The number of benzene rings is 2. The Morgan fingerprint density at radius 2 is 1.97 bits per heavy atom. The van der Waals surface area contributed by atoms with Gasteiger partial charge in [-0.25, -0.2) is 14.6 Å². The van der Waals surface area contributed by atoms with Crippen molar-refractivity contribution in [3.63, 3.8) is 0 Å². The van der Waals surface area contributed by atoms with Crippen LogP contribution in [0.4, 0.5) is 10.5 Å². The summed E-state index contributed by atoms with van der Waals surface area (Å²) >= 11 is 6.44. The first-order valence-corrected chi connectivity index (χ1v) is 9.49. The smallest absolute Gasteiger partial charge is 0.337 e. The number of aromatic amines is 1. The van der Waals surface area contributed by atoms with Crippen molar-refractivity contribution in [1.29, 1.82) is 0 Å². The zero-order valence-electron chi connectivity index (χ0n) is 15.7. The largest absolute Gasteiger partial charge is 0.465 e. The van der Waals surface area contributed by atoms with Gasteiger partial charge in [-0.05, 0) is 35.9 Å². The lowest BCUT2D eigenvalue weighted by Crippen LogP contribution is -2.43. The van der Waals surface area contributed by atoms with Crippen LogP contribution in [0.2, 0.25) is 5.02 Å². The van der Waals surface area contributed by atoms with Crippen molar-refractivity contribution in [2.45, 2.75) is 12.5 Å². The molecule has 0 unspecified atom stereocenters. The number of H-pyrrole nitrogens is 1. The van der Waals surface area contributed by atoms with Crippen molar-refractivity contribution < 1.29 is 14.3 Å². The van der Waals surface area contributed by atoms with Crippen LogP contribution in [-0.2, 0) is 11.2 Å². The number of carbonyl (C=O) groups is 2. The minimum absolute atomic E-state index is 0.269. The van der Waals surface area contributed by atoms with Crippen molar-refractivity contribution in [3.05, 3.63) is 82.4 Å². The quantitative estimate of drug-likeness (QED) is 0.638. The molecule has 1 aliphatic rings. The number of esters is 1. The van der Waals surface area contributed by atoms with E-state index in [0.717, 1.165) is 17.0 Å². The molecule has 4 rings (SSSR count). The maximum absolute atomic E-state index is 13.1. The monoisotopic (exact) mass is 410 g/mol. The molecule has 0 saturated carbocycles. The van der Waals surface area contributed by atoms with E-state index < -0.39 is 12.0 Å². The number of carbonyl (C=O) groups excluding carboxylic acids is 2. The summed E-state index contributed by atoms with van der Waals surface area (Å²) in [7, 11) is 1.33. The van der Waals surface area contributed by atoms with E-state index in [4.69, 9.17) is 16.3 Å². The molecule has 2 heterocycles. The fourth-order valence-corrected chi connectivity index (χ4v) is 3.75. The van der Waals surface area contributed by atoms with Gasteiger partial charge < -0.3 is 19.9 Å². The standard InChI is InChI=1S/C21H19ClN4O3/c1-29-20(27)13-6-8-14(9-7-13)25-21(28)26-11-10-17-18(24-12-23-17)19(26)15-4-2-3-5-16(15)22/h2-9,12,19H,10-11H2,1H3,(H,23,24)(H,25,28)/t19-/m0/s1. The minimum atomic E-state index is -0.427. The van der Waals surface area contributed by atoms with E-state index in [1.165, 1.54) is 7.11 Å². The Morgan fingerprint density at radius 3 is 2.69 bits per heavy atom. The van der Waals surface area contributed by atoms with E-state index in [1.807, 2.05) is 18.2 Å². The molecule has 2 N–H and O–H groups in total. The number of imidazole rings is 1. The number of rotatable bonds is 3. The molecular weight excluding hydrogens is 392 g/mol. The molecule has 0 fully saturated rings. The Balaban J connectivity index is 1.61. The number of anilines is 1. The second-order valence-corrected chi connectivity index (χ2v) is 7.04. The summed E-state index contributed by atoms with van der Waals surface area (Å²) in [5, 5.41) is 3.47. The van der Waals surface area contributed by atoms with Crippen LogP contribution in [0.1, 0.15) is 33.4 Å².